The van der Waals surface area contributed by atoms with Gasteiger partial charge in [-0.3, -0.25) is 0 Å². The largest absolute Gasteiger partial charge is 0.394 e. The predicted molar refractivity (Wildman–Crippen MR) is 266 cm³/mol. The molecule has 4 saturated heterocycles. The maximum atomic E-state index is 11.8. The molecule has 0 amide bonds. The summed E-state index contributed by atoms with van der Waals surface area (Å²) in [5.41, 5.74) is -0.793. The van der Waals surface area contributed by atoms with Crippen molar-refractivity contribution in [3.63, 3.8) is 0 Å². The van der Waals surface area contributed by atoms with Gasteiger partial charge in [-0.05, 0) is 112 Å². The minimum atomic E-state index is -1.91. The van der Waals surface area contributed by atoms with Gasteiger partial charge in [-0.1, -0.05) is 53.2 Å². The number of hydrogen-bond donors (Lipinski definition) is 15. The lowest BCUT2D eigenvalue weighted by molar-refractivity contribution is -0.380. The summed E-state index contributed by atoms with van der Waals surface area (Å²) >= 11 is 0. The molecule has 8 rings (SSSR count). The maximum absolute atomic E-state index is 11.8. The third-order valence-corrected chi connectivity index (χ3v) is 20.7. The van der Waals surface area contributed by atoms with Crippen molar-refractivity contribution in [2.75, 3.05) is 26.4 Å². The Morgan fingerprint density at radius 2 is 1.08 bits per heavy atom. The van der Waals surface area contributed by atoms with Gasteiger partial charge in [0, 0.05) is 5.41 Å². The van der Waals surface area contributed by atoms with Crippen molar-refractivity contribution in [1.82, 2.24) is 0 Å². The highest BCUT2D eigenvalue weighted by Gasteiger charge is 2.68. The molecular weight excluding hydrogens is 1020 g/mol. The lowest BCUT2D eigenvalue weighted by atomic mass is 9.39. The van der Waals surface area contributed by atoms with E-state index in [-0.39, 0.29) is 46.5 Å². The number of aliphatic hydroxyl groups excluding tert-OH is 14. The van der Waals surface area contributed by atoms with Gasteiger partial charge in [0.05, 0.1) is 44.2 Å². The molecule has 0 bridgehead atoms. The van der Waals surface area contributed by atoms with E-state index in [0.29, 0.717) is 18.8 Å². The first-order valence-electron chi connectivity index (χ1n) is 27.9. The molecule has 77 heavy (non-hydrogen) atoms. The Morgan fingerprint density at radius 1 is 0.571 bits per heavy atom. The van der Waals surface area contributed by atoms with Gasteiger partial charge in [0.1, 0.15) is 97.7 Å². The summed E-state index contributed by atoms with van der Waals surface area (Å²) in [6.07, 6.45) is -23.9. The van der Waals surface area contributed by atoms with Crippen molar-refractivity contribution in [2.45, 2.75) is 254 Å². The highest BCUT2D eigenvalue weighted by Crippen LogP contribution is 2.75. The van der Waals surface area contributed by atoms with Crippen LogP contribution in [0.3, 0.4) is 0 Å². The van der Waals surface area contributed by atoms with Gasteiger partial charge in [-0.25, -0.2) is 0 Å². The molecule has 23 nitrogen and oxygen atoms in total. The normalized spacial score (nSPS) is 51.0. The summed E-state index contributed by atoms with van der Waals surface area (Å²) in [6, 6.07) is 0. The monoisotopic (exact) mass is 1110 g/mol. The van der Waals surface area contributed by atoms with Gasteiger partial charge in [0.25, 0.3) is 0 Å². The van der Waals surface area contributed by atoms with Gasteiger partial charge in [-0.15, -0.1) is 0 Å². The van der Waals surface area contributed by atoms with Crippen LogP contribution in [0.25, 0.3) is 0 Å². The van der Waals surface area contributed by atoms with E-state index in [1.165, 1.54) is 5.57 Å². The first-order valence-corrected chi connectivity index (χ1v) is 27.9. The topological polar surface area (TPSA) is 377 Å². The van der Waals surface area contributed by atoms with Gasteiger partial charge in [0.15, 0.2) is 25.2 Å². The second-order valence-electron chi connectivity index (χ2n) is 25.8. The van der Waals surface area contributed by atoms with Crippen LogP contribution in [0.4, 0.5) is 0 Å². The molecule has 29 atom stereocenters. The van der Waals surface area contributed by atoms with E-state index in [1.54, 1.807) is 13.8 Å². The zero-order valence-electron chi connectivity index (χ0n) is 45.8. The van der Waals surface area contributed by atoms with Crippen LogP contribution in [0.15, 0.2) is 11.6 Å². The lowest BCUT2D eigenvalue weighted by Crippen LogP contribution is -2.65. The molecule has 2 unspecified atom stereocenters. The number of rotatable bonds is 17. The predicted octanol–water partition coefficient (Wildman–Crippen LogP) is -2.20. The average molecular weight is 1110 g/mol. The Balaban J connectivity index is 0.973. The fraction of sp³-hybridized carbons (Fsp3) is 0.963. The molecule has 0 aromatic rings. The number of fused-ring (bicyclic) bond motifs is 5. The molecule has 7 fully saturated rings. The van der Waals surface area contributed by atoms with Crippen LogP contribution in [0.2, 0.25) is 0 Å². The standard InChI is InChI=1S/C54H92O23/c1-23(24-15-16-54(8)31-12-10-25-26(52(31,6)17-18-53(24,54)7)11-14-32(50(25,2)3)75-47-43(67)39(63)35(59)28(20-56)72-47)9-13-33(51(4,5)69)76-49-45(77-48-44(68)40(64)36(60)29(21-57)73-48)41(65)37(61)30(74-49)22-70-46-42(66)38(62)34(58)27(19-55)71-46/h10,23-24,26-49,55-69H,9,11-22H2,1-8H3/t23-,24-,26-,27-,28-,29-,30-,31?,32+,33-,34-,35-,36-,37-,38+,39+,40+,41+,42?,43-,44-,45-,46-,47+,48+,49+,52+,53-,54+/m1/s1. The van der Waals surface area contributed by atoms with E-state index < -0.39 is 166 Å². The number of aliphatic hydroxyl groups is 15. The second kappa shape index (κ2) is 23.5. The molecule has 23 heteroatoms. The smallest absolute Gasteiger partial charge is 0.187 e. The Morgan fingerprint density at radius 3 is 1.62 bits per heavy atom. The van der Waals surface area contributed by atoms with Crippen LogP contribution in [-0.4, -0.2) is 244 Å². The molecule has 4 aliphatic heterocycles. The van der Waals surface area contributed by atoms with Gasteiger partial charge < -0.3 is 114 Å². The van der Waals surface area contributed by atoms with Crippen molar-refractivity contribution in [1.29, 1.82) is 0 Å². The van der Waals surface area contributed by atoms with Crippen LogP contribution < -0.4 is 0 Å². The van der Waals surface area contributed by atoms with E-state index in [2.05, 4.69) is 47.6 Å². The quantitative estimate of drug-likeness (QED) is 0.0687. The van der Waals surface area contributed by atoms with Gasteiger partial charge in [-0.2, -0.15) is 0 Å². The van der Waals surface area contributed by atoms with Crippen molar-refractivity contribution >= 4 is 0 Å². The highest BCUT2D eigenvalue weighted by atomic mass is 16.8. The third-order valence-electron chi connectivity index (χ3n) is 20.7. The molecule has 0 aromatic heterocycles. The van der Waals surface area contributed by atoms with E-state index >= 15 is 0 Å². The van der Waals surface area contributed by atoms with E-state index in [1.807, 2.05) is 0 Å². The number of allylic oxidation sites excluding steroid dienone is 1. The minimum absolute atomic E-state index is 0.0220. The molecular formula is C54H92O23. The summed E-state index contributed by atoms with van der Waals surface area (Å²) in [5.74, 6) is 1.07. The van der Waals surface area contributed by atoms with Crippen molar-refractivity contribution < 1.29 is 114 Å². The highest BCUT2D eigenvalue weighted by molar-refractivity contribution is 5.30. The molecule has 0 aromatic carbocycles. The SMILES string of the molecule is C[C@H](CC[C@@H](O[C@@H]1O[C@H](CO[C@@H]2O[C@H](CO)[C@@H](O)[C@H](O)C2O)[C@@H](O)[C@H](O)[C@H]1O[C@@H]1O[C@H](CO)[C@@H](O)[C@H](O)[C@H]1O)C(C)(C)O)[C@H]1CC[C@@]2(C)C3CC=C4[C@@H](CC[C@H](O[C@@H]5O[C@H](CO)[C@@H](O)[C@H](O)[C@H]5O)C4(C)C)[C@]3(C)CC[C@]12C. The van der Waals surface area contributed by atoms with E-state index in [4.69, 9.17) is 37.9 Å². The van der Waals surface area contributed by atoms with Crippen LogP contribution >= 0.6 is 0 Å². The van der Waals surface area contributed by atoms with Crippen LogP contribution in [-0.2, 0) is 37.9 Å². The summed E-state index contributed by atoms with van der Waals surface area (Å²) in [5, 5.41) is 159. The Bertz CT molecular complexity index is 1990. The fourth-order valence-electron chi connectivity index (χ4n) is 15.6. The fourth-order valence-corrected chi connectivity index (χ4v) is 15.6. The second-order valence-corrected chi connectivity index (χ2v) is 25.8. The van der Waals surface area contributed by atoms with Gasteiger partial charge in [0.2, 0.25) is 0 Å². The molecule has 3 saturated carbocycles. The first kappa shape index (κ1) is 61.9. The molecule has 0 radical (unpaired) electrons. The lowest BCUT2D eigenvalue weighted by Gasteiger charge is -2.66. The summed E-state index contributed by atoms with van der Waals surface area (Å²) in [4.78, 5) is 0. The number of ether oxygens (including phenoxy) is 8. The van der Waals surface area contributed by atoms with Crippen molar-refractivity contribution in [2.24, 2.45) is 45.3 Å². The molecule has 0 spiro atoms. The molecule has 4 heterocycles. The molecule has 4 aliphatic carbocycles. The van der Waals surface area contributed by atoms with Gasteiger partial charge >= 0.3 is 0 Å². The Labute approximate surface area is 450 Å². The molecule has 8 aliphatic rings. The van der Waals surface area contributed by atoms with Crippen LogP contribution in [0, 0.1) is 45.3 Å². The van der Waals surface area contributed by atoms with Crippen molar-refractivity contribution in [3.8, 4) is 0 Å². The average Bonchev–Trinajstić information content (AvgIpc) is 3.69. The van der Waals surface area contributed by atoms with E-state index in [0.717, 1.165) is 38.5 Å². The zero-order chi connectivity index (χ0) is 56.6. The Kier molecular flexibility index (Phi) is 18.9. The molecule has 15 N–H and O–H groups in total. The maximum Gasteiger partial charge on any atom is 0.187 e. The summed E-state index contributed by atoms with van der Waals surface area (Å²) < 4.78 is 47.9. The Hall–Kier alpha value is -1.18. The third kappa shape index (κ3) is 11.1. The van der Waals surface area contributed by atoms with Crippen LogP contribution in [0.1, 0.15) is 113 Å². The zero-order valence-corrected chi connectivity index (χ0v) is 45.8. The van der Waals surface area contributed by atoms with Crippen LogP contribution in [0.5, 0.6) is 0 Å². The van der Waals surface area contributed by atoms with Crippen molar-refractivity contribution in [3.05, 3.63) is 11.6 Å². The first-order chi connectivity index (χ1) is 36.0. The van der Waals surface area contributed by atoms with E-state index in [9.17, 15) is 76.6 Å². The minimum Gasteiger partial charge on any atom is -0.394 e. The summed E-state index contributed by atoms with van der Waals surface area (Å²) in [6.45, 7) is 14.4. The number of hydrogen-bond acceptors (Lipinski definition) is 23. The molecule has 446 valence electrons. The summed E-state index contributed by atoms with van der Waals surface area (Å²) in [7, 11) is 0.